The molecule has 1 saturated heterocycles. The molecule has 1 aliphatic rings. The number of hydrogen-bond acceptors (Lipinski definition) is 7. The Morgan fingerprint density at radius 1 is 1.22 bits per heavy atom. The number of carbonyl (C=O) groups excluding carboxylic acids is 1. The molecule has 2 aromatic carbocycles. The standard InChI is InChI=1S/C21H20ClN3O6S/c1-13-2-3-14(10-18(13)32(28,29)25-6-8-30-9-7-25)21(27)31-12-19-23-17-11-15(22)4-5-16(17)20(26)24-19/h2-5,10-11H,6-9,12H2,1H3,(H,23,24,26). The molecular formula is C21H20ClN3O6S. The fourth-order valence-corrected chi connectivity index (χ4v) is 5.20. The van der Waals surface area contributed by atoms with E-state index in [1.165, 1.54) is 16.4 Å². The van der Waals surface area contributed by atoms with Gasteiger partial charge in [0.15, 0.2) is 0 Å². The van der Waals surface area contributed by atoms with Crippen LogP contribution < -0.4 is 5.56 Å². The van der Waals surface area contributed by atoms with Crippen molar-refractivity contribution in [2.24, 2.45) is 0 Å². The summed E-state index contributed by atoms with van der Waals surface area (Å²) >= 11 is 5.95. The lowest BCUT2D eigenvalue weighted by Gasteiger charge is -2.26. The number of benzene rings is 2. The summed E-state index contributed by atoms with van der Waals surface area (Å²) in [6.07, 6.45) is 0. The molecule has 0 saturated carbocycles. The summed E-state index contributed by atoms with van der Waals surface area (Å²) in [4.78, 5) is 31.7. The third kappa shape index (κ3) is 4.53. The van der Waals surface area contributed by atoms with Crippen LogP contribution in [0.1, 0.15) is 21.7 Å². The second-order valence-electron chi connectivity index (χ2n) is 7.25. The number of aromatic nitrogens is 2. The summed E-state index contributed by atoms with van der Waals surface area (Å²) in [5.41, 5.74) is 0.590. The van der Waals surface area contributed by atoms with Crippen molar-refractivity contribution in [1.29, 1.82) is 0 Å². The highest BCUT2D eigenvalue weighted by atomic mass is 35.5. The van der Waals surface area contributed by atoms with Gasteiger partial charge in [-0.1, -0.05) is 17.7 Å². The second-order valence-corrected chi connectivity index (χ2v) is 9.59. The fourth-order valence-electron chi connectivity index (χ4n) is 3.38. The van der Waals surface area contributed by atoms with Crippen molar-refractivity contribution < 1.29 is 22.7 Å². The van der Waals surface area contributed by atoms with Crippen LogP contribution >= 0.6 is 11.6 Å². The Morgan fingerprint density at radius 2 is 1.97 bits per heavy atom. The van der Waals surface area contributed by atoms with Crippen molar-refractivity contribution in [2.45, 2.75) is 18.4 Å². The molecule has 1 fully saturated rings. The van der Waals surface area contributed by atoms with Gasteiger partial charge < -0.3 is 14.5 Å². The lowest BCUT2D eigenvalue weighted by atomic mass is 10.1. The number of ether oxygens (including phenoxy) is 2. The summed E-state index contributed by atoms with van der Waals surface area (Å²) in [5, 5.41) is 0.785. The van der Waals surface area contributed by atoms with Gasteiger partial charge in [-0.2, -0.15) is 4.31 Å². The van der Waals surface area contributed by atoms with Crippen LogP contribution in [0.2, 0.25) is 5.02 Å². The highest BCUT2D eigenvalue weighted by molar-refractivity contribution is 7.89. The molecule has 9 nitrogen and oxygen atoms in total. The quantitative estimate of drug-likeness (QED) is 0.560. The van der Waals surface area contributed by atoms with Crippen molar-refractivity contribution in [3.05, 3.63) is 68.7 Å². The first kappa shape index (κ1) is 22.4. The topological polar surface area (TPSA) is 119 Å². The number of nitrogens with one attached hydrogen (secondary N) is 1. The lowest BCUT2D eigenvalue weighted by molar-refractivity contribution is 0.0462. The van der Waals surface area contributed by atoms with E-state index in [4.69, 9.17) is 21.1 Å². The number of sulfonamides is 1. The zero-order valence-electron chi connectivity index (χ0n) is 17.1. The van der Waals surface area contributed by atoms with Gasteiger partial charge >= 0.3 is 5.97 Å². The SMILES string of the molecule is Cc1ccc(C(=O)OCc2nc3cc(Cl)ccc3c(=O)[nH]2)cc1S(=O)(=O)N1CCOCC1. The lowest BCUT2D eigenvalue weighted by Crippen LogP contribution is -2.40. The van der Waals surface area contributed by atoms with Crippen LogP contribution in [0.15, 0.2) is 46.1 Å². The number of nitrogens with zero attached hydrogens (tertiary/aromatic N) is 2. The summed E-state index contributed by atoms with van der Waals surface area (Å²) in [6, 6.07) is 9.04. The number of H-pyrrole nitrogens is 1. The van der Waals surface area contributed by atoms with E-state index in [1.54, 1.807) is 31.2 Å². The molecule has 32 heavy (non-hydrogen) atoms. The van der Waals surface area contributed by atoms with Crippen molar-refractivity contribution in [1.82, 2.24) is 14.3 Å². The number of halogens is 1. The Morgan fingerprint density at radius 3 is 2.72 bits per heavy atom. The van der Waals surface area contributed by atoms with Gasteiger partial charge in [-0.3, -0.25) is 4.79 Å². The maximum Gasteiger partial charge on any atom is 0.338 e. The Bertz CT molecular complexity index is 1350. The van der Waals surface area contributed by atoms with Gasteiger partial charge in [0, 0.05) is 18.1 Å². The summed E-state index contributed by atoms with van der Waals surface area (Å²) in [5.74, 6) is -0.594. The maximum absolute atomic E-state index is 13.0. The minimum Gasteiger partial charge on any atom is -0.454 e. The number of fused-ring (bicyclic) bond motifs is 1. The minimum absolute atomic E-state index is 0.0423. The van der Waals surface area contributed by atoms with Gasteiger partial charge in [0.05, 0.1) is 34.6 Å². The van der Waals surface area contributed by atoms with E-state index in [0.29, 0.717) is 34.7 Å². The normalized spacial score (nSPS) is 15.1. The van der Waals surface area contributed by atoms with Crippen LogP contribution in [-0.4, -0.2) is 55.0 Å². The van der Waals surface area contributed by atoms with Gasteiger partial charge in [-0.15, -0.1) is 0 Å². The molecule has 3 aromatic rings. The van der Waals surface area contributed by atoms with Crippen molar-refractivity contribution in [2.75, 3.05) is 26.3 Å². The smallest absolute Gasteiger partial charge is 0.338 e. The van der Waals surface area contributed by atoms with E-state index in [2.05, 4.69) is 9.97 Å². The van der Waals surface area contributed by atoms with E-state index in [-0.39, 0.29) is 41.5 Å². The predicted molar refractivity (Wildman–Crippen MR) is 117 cm³/mol. The second kappa shape index (κ2) is 8.99. The molecule has 0 radical (unpaired) electrons. The molecule has 0 atom stereocenters. The number of hydrogen-bond donors (Lipinski definition) is 1. The first-order chi connectivity index (χ1) is 15.3. The number of aromatic amines is 1. The summed E-state index contributed by atoms with van der Waals surface area (Å²) in [6.45, 7) is 2.51. The fraction of sp³-hybridized carbons (Fsp3) is 0.286. The molecule has 0 spiro atoms. The third-order valence-corrected chi connectivity index (χ3v) is 7.35. The highest BCUT2D eigenvalue weighted by Crippen LogP contribution is 2.23. The number of aryl methyl sites for hydroxylation is 1. The van der Waals surface area contributed by atoms with E-state index in [9.17, 15) is 18.0 Å². The van der Waals surface area contributed by atoms with Crippen molar-refractivity contribution in [3.63, 3.8) is 0 Å². The first-order valence-electron chi connectivity index (χ1n) is 9.80. The Balaban J connectivity index is 1.55. The van der Waals surface area contributed by atoms with Crippen molar-refractivity contribution in [3.8, 4) is 0 Å². The molecule has 4 rings (SSSR count). The zero-order valence-corrected chi connectivity index (χ0v) is 18.7. The van der Waals surface area contributed by atoms with Crippen LogP contribution in [0.5, 0.6) is 0 Å². The minimum atomic E-state index is -3.78. The van der Waals surface area contributed by atoms with Gasteiger partial charge in [-0.05, 0) is 42.8 Å². The molecule has 0 amide bonds. The van der Waals surface area contributed by atoms with Crippen LogP contribution in [0.25, 0.3) is 10.9 Å². The van der Waals surface area contributed by atoms with Crippen LogP contribution in [0.3, 0.4) is 0 Å². The third-order valence-electron chi connectivity index (χ3n) is 5.07. The molecule has 1 aromatic heterocycles. The van der Waals surface area contributed by atoms with E-state index in [1.807, 2.05) is 0 Å². The van der Waals surface area contributed by atoms with Gasteiger partial charge in [0.2, 0.25) is 10.0 Å². The predicted octanol–water partition coefficient (Wildman–Crippen LogP) is 2.26. The molecule has 0 bridgehead atoms. The average Bonchev–Trinajstić information content (AvgIpc) is 2.78. The molecule has 1 aliphatic heterocycles. The molecule has 0 unspecified atom stereocenters. The molecular weight excluding hydrogens is 458 g/mol. The maximum atomic E-state index is 13.0. The average molecular weight is 478 g/mol. The van der Waals surface area contributed by atoms with E-state index >= 15 is 0 Å². The van der Waals surface area contributed by atoms with Crippen LogP contribution in [-0.2, 0) is 26.1 Å². The number of esters is 1. The Hall–Kier alpha value is -2.79. The van der Waals surface area contributed by atoms with Crippen LogP contribution in [0.4, 0.5) is 0 Å². The number of rotatable bonds is 5. The van der Waals surface area contributed by atoms with Crippen LogP contribution in [0, 0.1) is 6.92 Å². The van der Waals surface area contributed by atoms with E-state index in [0.717, 1.165) is 0 Å². The molecule has 0 aliphatic carbocycles. The highest BCUT2D eigenvalue weighted by Gasteiger charge is 2.28. The van der Waals surface area contributed by atoms with E-state index < -0.39 is 16.0 Å². The molecule has 168 valence electrons. The number of morpholine rings is 1. The van der Waals surface area contributed by atoms with Gasteiger partial charge in [0.25, 0.3) is 5.56 Å². The summed E-state index contributed by atoms with van der Waals surface area (Å²) < 4.78 is 37.8. The van der Waals surface area contributed by atoms with Gasteiger partial charge in [0.1, 0.15) is 12.4 Å². The Labute approximate surface area is 189 Å². The number of carbonyl (C=O) groups is 1. The Kier molecular flexibility index (Phi) is 6.29. The first-order valence-corrected chi connectivity index (χ1v) is 11.6. The van der Waals surface area contributed by atoms with Crippen molar-refractivity contribution >= 4 is 38.5 Å². The summed E-state index contributed by atoms with van der Waals surface area (Å²) in [7, 11) is -3.78. The molecule has 1 N–H and O–H groups in total. The zero-order chi connectivity index (χ0) is 22.9. The molecule has 11 heteroatoms. The monoisotopic (exact) mass is 477 g/mol. The molecule has 2 heterocycles. The largest absolute Gasteiger partial charge is 0.454 e. The van der Waals surface area contributed by atoms with Gasteiger partial charge in [-0.25, -0.2) is 18.2 Å².